The average Bonchev–Trinajstić information content (AvgIpc) is 2.76. The van der Waals surface area contributed by atoms with Gasteiger partial charge in [-0.2, -0.15) is 0 Å². The molecule has 2 N–H and O–H groups in total. The van der Waals surface area contributed by atoms with E-state index in [0.717, 1.165) is 37.3 Å². The van der Waals surface area contributed by atoms with Crippen molar-refractivity contribution >= 4 is 5.91 Å². The van der Waals surface area contributed by atoms with E-state index in [4.69, 9.17) is 0 Å². The molecule has 3 heteroatoms. The van der Waals surface area contributed by atoms with E-state index in [1.165, 1.54) is 38.5 Å². The summed E-state index contributed by atoms with van der Waals surface area (Å²) in [6.07, 6.45) is 9.69. The molecule has 5 rings (SSSR count). The Balaban J connectivity index is 1.70. The summed E-state index contributed by atoms with van der Waals surface area (Å²) < 4.78 is 0. The Morgan fingerprint density at radius 3 is 2.11 bits per heavy atom. The summed E-state index contributed by atoms with van der Waals surface area (Å²) in [6.45, 7) is 3.77. The fourth-order valence-corrected chi connectivity index (χ4v) is 6.42. The van der Waals surface area contributed by atoms with Crippen molar-refractivity contribution in [1.82, 2.24) is 10.6 Å². The normalized spacial score (nSPS) is 51.5. The molecule has 5 fully saturated rings. The molecule has 0 aromatic carbocycles. The summed E-state index contributed by atoms with van der Waals surface area (Å²) in [4.78, 5) is 11.8. The van der Waals surface area contributed by atoms with Gasteiger partial charge >= 0.3 is 0 Å². The molecule has 4 saturated carbocycles. The van der Waals surface area contributed by atoms with Crippen LogP contribution in [-0.4, -0.2) is 24.5 Å². The van der Waals surface area contributed by atoms with Gasteiger partial charge in [-0.1, -0.05) is 0 Å². The molecule has 0 radical (unpaired) electrons. The van der Waals surface area contributed by atoms with E-state index in [1.807, 2.05) is 0 Å². The standard InChI is InChI=1S/C16H26N2O/c1-11(19)18-16(2-3-17-10-16)15-7-12-4-13(8-15)6-14(5-12)9-15/h12-14,17H,2-10H2,1H3,(H,18,19). The maximum Gasteiger partial charge on any atom is 0.217 e. The van der Waals surface area contributed by atoms with Gasteiger partial charge in [0.05, 0.1) is 5.54 Å². The zero-order valence-corrected chi connectivity index (χ0v) is 12.0. The first kappa shape index (κ1) is 12.2. The predicted octanol–water partition coefficient (Wildman–Crippen LogP) is 2.07. The van der Waals surface area contributed by atoms with E-state index in [-0.39, 0.29) is 11.4 Å². The molecule has 1 heterocycles. The first-order chi connectivity index (χ1) is 9.11. The number of carbonyl (C=O) groups is 1. The molecule has 1 amide bonds. The van der Waals surface area contributed by atoms with Crippen LogP contribution in [0.25, 0.3) is 0 Å². The Kier molecular flexibility index (Phi) is 2.55. The molecule has 1 unspecified atom stereocenters. The van der Waals surface area contributed by atoms with Gasteiger partial charge in [-0.05, 0) is 74.7 Å². The average molecular weight is 262 g/mol. The molecule has 0 aromatic rings. The van der Waals surface area contributed by atoms with Gasteiger partial charge in [0.25, 0.3) is 0 Å². The highest BCUT2D eigenvalue weighted by Crippen LogP contribution is 2.64. The third kappa shape index (κ3) is 1.70. The van der Waals surface area contributed by atoms with Crippen molar-refractivity contribution in [3.63, 3.8) is 0 Å². The minimum Gasteiger partial charge on any atom is -0.349 e. The second-order valence-electron chi connectivity index (χ2n) is 7.89. The highest BCUT2D eigenvalue weighted by atomic mass is 16.1. The van der Waals surface area contributed by atoms with Crippen molar-refractivity contribution in [1.29, 1.82) is 0 Å². The number of hydrogen-bond acceptors (Lipinski definition) is 2. The molecule has 0 spiro atoms. The molecule has 106 valence electrons. The van der Waals surface area contributed by atoms with Crippen LogP contribution in [0.1, 0.15) is 51.9 Å². The smallest absolute Gasteiger partial charge is 0.217 e. The van der Waals surface area contributed by atoms with Crippen LogP contribution in [0, 0.1) is 23.2 Å². The summed E-state index contributed by atoms with van der Waals surface area (Å²) >= 11 is 0. The summed E-state index contributed by atoms with van der Waals surface area (Å²) in [5, 5.41) is 6.94. The van der Waals surface area contributed by atoms with Crippen LogP contribution in [0.2, 0.25) is 0 Å². The summed E-state index contributed by atoms with van der Waals surface area (Å²) in [5.74, 6) is 3.03. The van der Waals surface area contributed by atoms with Crippen LogP contribution in [0.3, 0.4) is 0 Å². The predicted molar refractivity (Wildman–Crippen MR) is 74.6 cm³/mol. The van der Waals surface area contributed by atoms with Crippen LogP contribution in [-0.2, 0) is 4.79 Å². The molecule has 5 aliphatic rings. The first-order valence-electron chi connectivity index (χ1n) is 8.10. The Morgan fingerprint density at radius 1 is 1.11 bits per heavy atom. The molecule has 4 bridgehead atoms. The van der Waals surface area contributed by atoms with Gasteiger partial charge in [0.15, 0.2) is 0 Å². The SMILES string of the molecule is CC(=O)NC1(C23CC4CC(CC(C4)C2)C3)CCNC1. The van der Waals surface area contributed by atoms with Crippen molar-refractivity contribution in [2.45, 2.75) is 57.4 Å². The quantitative estimate of drug-likeness (QED) is 0.800. The van der Waals surface area contributed by atoms with Crippen LogP contribution in [0.15, 0.2) is 0 Å². The lowest BCUT2D eigenvalue weighted by Gasteiger charge is -2.63. The minimum atomic E-state index is 0.0643. The van der Waals surface area contributed by atoms with E-state index in [9.17, 15) is 4.79 Å². The third-order valence-corrected chi connectivity index (χ3v) is 6.62. The topological polar surface area (TPSA) is 41.1 Å². The second-order valence-corrected chi connectivity index (χ2v) is 7.89. The highest BCUT2D eigenvalue weighted by Gasteiger charge is 2.61. The van der Waals surface area contributed by atoms with Gasteiger partial charge in [-0.25, -0.2) is 0 Å². The minimum absolute atomic E-state index is 0.0643. The van der Waals surface area contributed by atoms with Crippen molar-refractivity contribution < 1.29 is 4.79 Å². The lowest BCUT2D eigenvalue weighted by molar-refractivity contribution is -0.132. The van der Waals surface area contributed by atoms with Crippen molar-refractivity contribution in [3.05, 3.63) is 0 Å². The Bertz CT molecular complexity index is 362. The van der Waals surface area contributed by atoms with Crippen molar-refractivity contribution in [2.75, 3.05) is 13.1 Å². The molecule has 1 saturated heterocycles. The van der Waals surface area contributed by atoms with Crippen molar-refractivity contribution in [3.8, 4) is 0 Å². The molecular formula is C16H26N2O. The Labute approximate surface area is 115 Å². The van der Waals surface area contributed by atoms with Crippen LogP contribution in [0.4, 0.5) is 0 Å². The molecule has 1 atom stereocenters. The van der Waals surface area contributed by atoms with Gasteiger partial charge < -0.3 is 10.6 Å². The van der Waals surface area contributed by atoms with E-state index < -0.39 is 0 Å². The summed E-state index contributed by atoms with van der Waals surface area (Å²) in [6, 6.07) is 0. The van der Waals surface area contributed by atoms with Crippen molar-refractivity contribution in [2.24, 2.45) is 23.2 Å². The zero-order chi connectivity index (χ0) is 13.1. The third-order valence-electron chi connectivity index (χ3n) is 6.62. The maximum absolute atomic E-state index is 11.8. The van der Waals surface area contributed by atoms with E-state index in [1.54, 1.807) is 6.92 Å². The molecule has 1 aliphatic heterocycles. The molecular weight excluding hydrogens is 236 g/mol. The number of nitrogens with one attached hydrogen (secondary N) is 2. The molecule has 3 nitrogen and oxygen atoms in total. The first-order valence-corrected chi connectivity index (χ1v) is 8.10. The number of rotatable bonds is 2. The van der Waals surface area contributed by atoms with E-state index >= 15 is 0 Å². The zero-order valence-electron chi connectivity index (χ0n) is 12.0. The number of amides is 1. The van der Waals surface area contributed by atoms with Crippen LogP contribution >= 0.6 is 0 Å². The van der Waals surface area contributed by atoms with Gasteiger partial charge in [-0.15, -0.1) is 0 Å². The van der Waals surface area contributed by atoms with Crippen LogP contribution < -0.4 is 10.6 Å². The Morgan fingerprint density at radius 2 is 1.68 bits per heavy atom. The largest absolute Gasteiger partial charge is 0.349 e. The van der Waals surface area contributed by atoms with Gasteiger partial charge in [0.1, 0.15) is 0 Å². The van der Waals surface area contributed by atoms with Crippen LogP contribution in [0.5, 0.6) is 0 Å². The lowest BCUT2D eigenvalue weighted by Crippen LogP contribution is -2.66. The number of hydrogen-bond donors (Lipinski definition) is 2. The Hall–Kier alpha value is -0.570. The van der Waals surface area contributed by atoms with Gasteiger partial charge in [0, 0.05) is 13.5 Å². The molecule has 4 aliphatic carbocycles. The second kappa shape index (κ2) is 3.97. The maximum atomic E-state index is 11.8. The van der Waals surface area contributed by atoms with E-state index in [2.05, 4.69) is 10.6 Å². The fraction of sp³-hybridized carbons (Fsp3) is 0.938. The van der Waals surface area contributed by atoms with Gasteiger partial charge in [-0.3, -0.25) is 4.79 Å². The van der Waals surface area contributed by atoms with Gasteiger partial charge in [0.2, 0.25) is 5.91 Å². The molecule has 0 aromatic heterocycles. The lowest BCUT2D eigenvalue weighted by atomic mass is 9.44. The molecule has 19 heavy (non-hydrogen) atoms. The monoisotopic (exact) mass is 262 g/mol. The van der Waals surface area contributed by atoms with E-state index in [0.29, 0.717) is 5.41 Å². The summed E-state index contributed by atoms with van der Waals surface area (Å²) in [5.41, 5.74) is 0.478. The summed E-state index contributed by atoms with van der Waals surface area (Å²) in [7, 11) is 0. The fourth-order valence-electron chi connectivity index (χ4n) is 6.42. The highest BCUT2D eigenvalue weighted by molar-refractivity contribution is 5.74. The number of carbonyl (C=O) groups excluding carboxylic acids is 1.